The first-order valence-electron chi connectivity index (χ1n) is 8.19. The lowest BCUT2D eigenvalue weighted by Crippen LogP contribution is -2.37. The van der Waals surface area contributed by atoms with Crippen LogP contribution < -0.4 is 4.90 Å². The Morgan fingerprint density at radius 1 is 1.15 bits per heavy atom. The van der Waals surface area contributed by atoms with Gasteiger partial charge in [0, 0.05) is 34.6 Å². The Balaban J connectivity index is 1.83. The molecule has 2 aromatic rings. The van der Waals surface area contributed by atoms with Crippen LogP contribution in [-0.2, 0) is 14.3 Å². The van der Waals surface area contributed by atoms with Crippen molar-refractivity contribution in [2.45, 2.75) is 12.3 Å². The Hall–Kier alpha value is -3.00. The Morgan fingerprint density at radius 3 is 2.67 bits per heavy atom. The van der Waals surface area contributed by atoms with Gasteiger partial charge in [0.2, 0.25) is 5.91 Å². The standard InChI is InChI=1S/C19H13BrN2O5/c20-12-4-2-5-13(8-12)21-16-10-27-19(24)18(16)15(9-17(21)23)11-3-1-6-14(7-11)22(25)26/h1-8,15H,9-10H2. The molecule has 0 N–H and O–H groups in total. The quantitative estimate of drug-likeness (QED) is 0.422. The fraction of sp³-hybridized carbons (Fsp3) is 0.158. The summed E-state index contributed by atoms with van der Waals surface area (Å²) in [7, 11) is 0. The lowest BCUT2D eigenvalue weighted by atomic mass is 9.84. The number of nitro benzene ring substituents is 1. The second-order valence-corrected chi connectivity index (χ2v) is 7.17. The number of carbonyl (C=O) groups is 2. The molecule has 2 aliphatic heterocycles. The molecule has 0 radical (unpaired) electrons. The molecule has 0 spiro atoms. The number of nitro groups is 1. The van der Waals surface area contributed by atoms with Crippen molar-refractivity contribution < 1.29 is 19.2 Å². The predicted molar refractivity (Wildman–Crippen MR) is 100 cm³/mol. The third kappa shape index (κ3) is 3.02. The van der Waals surface area contributed by atoms with Gasteiger partial charge in [-0.2, -0.15) is 0 Å². The van der Waals surface area contributed by atoms with Crippen LogP contribution in [0.15, 0.2) is 64.3 Å². The van der Waals surface area contributed by atoms with E-state index in [1.807, 2.05) is 6.07 Å². The van der Waals surface area contributed by atoms with Gasteiger partial charge in [0.15, 0.2) is 0 Å². The van der Waals surface area contributed by atoms with Gasteiger partial charge in [-0.1, -0.05) is 34.1 Å². The number of esters is 1. The number of amides is 1. The highest BCUT2D eigenvalue weighted by Crippen LogP contribution is 2.42. The first-order chi connectivity index (χ1) is 13.0. The van der Waals surface area contributed by atoms with Gasteiger partial charge in [0.25, 0.3) is 5.69 Å². The van der Waals surface area contributed by atoms with Gasteiger partial charge in [0.1, 0.15) is 6.61 Å². The van der Waals surface area contributed by atoms with Crippen LogP contribution in [0.2, 0.25) is 0 Å². The molecule has 1 amide bonds. The Morgan fingerprint density at radius 2 is 1.93 bits per heavy atom. The maximum atomic E-state index is 12.9. The van der Waals surface area contributed by atoms with Crippen LogP contribution >= 0.6 is 15.9 Å². The van der Waals surface area contributed by atoms with Gasteiger partial charge >= 0.3 is 5.97 Å². The van der Waals surface area contributed by atoms with E-state index in [0.717, 1.165) is 4.47 Å². The number of cyclic esters (lactones) is 1. The van der Waals surface area contributed by atoms with E-state index in [1.54, 1.807) is 30.3 Å². The highest BCUT2D eigenvalue weighted by atomic mass is 79.9. The number of non-ortho nitro benzene ring substituents is 1. The van der Waals surface area contributed by atoms with Crippen molar-refractivity contribution in [3.8, 4) is 0 Å². The highest BCUT2D eigenvalue weighted by molar-refractivity contribution is 9.10. The van der Waals surface area contributed by atoms with Crippen molar-refractivity contribution in [2.75, 3.05) is 11.5 Å². The molecule has 4 rings (SSSR count). The van der Waals surface area contributed by atoms with Gasteiger partial charge in [0.05, 0.1) is 16.2 Å². The SMILES string of the molecule is O=C1OCC2=C1C(c1cccc([N+](=O)[O-])c1)CC(=O)N2c1cccc(Br)c1. The van der Waals surface area contributed by atoms with E-state index in [2.05, 4.69) is 15.9 Å². The monoisotopic (exact) mass is 428 g/mol. The fourth-order valence-electron chi connectivity index (χ4n) is 3.51. The summed E-state index contributed by atoms with van der Waals surface area (Å²) in [4.78, 5) is 37.4. The molecule has 136 valence electrons. The van der Waals surface area contributed by atoms with Crippen molar-refractivity contribution in [1.82, 2.24) is 0 Å². The summed E-state index contributed by atoms with van der Waals surface area (Å²) in [6, 6.07) is 13.2. The third-order valence-electron chi connectivity index (χ3n) is 4.67. The smallest absolute Gasteiger partial charge is 0.336 e. The molecule has 0 aliphatic carbocycles. The summed E-state index contributed by atoms with van der Waals surface area (Å²) in [5.41, 5.74) is 1.99. The topological polar surface area (TPSA) is 89.7 Å². The normalized spacial score (nSPS) is 19.1. The van der Waals surface area contributed by atoms with Gasteiger partial charge < -0.3 is 4.74 Å². The van der Waals surface area contributed by atoms with E-state index in [9.17, 15) is 19.7 Å². The largest absolute Gasteiger partial charge is 0.456 e. The minimum Gasteiger partial charge on any atom is -0.456 e. The van der Waals surface area contributed by atoms with Crippen molar-refractivity contribution in [3.63, 3.8) is 0 Å². The summed E-state index contributed by atoms with van der Waals surface area (Å²) in [5, 5.41) is 11.1. The molecule has 0 saturated carbocycles. The van der Waals surface area contributed by atoms with Crippen molar-refractivity contribution in [3.05, 3.63) is 80.0 Å². The molecule has 7 nitrogen and oxygen atoms in total. The first-order valence-corrected chi connectivity index (χ1v) is 8.98. The average molecular weight is 429 g/mol. The zero-order valence-corrected chi connectivity index (χ0v) is 15.5. The van der Waals surface area contributed by atoms with Gasteiger partial charge in [-0.15, -0.1) is 0 Å². The van der Waals surface area contributed by atoms with Crippen molar-refractivity contribution in [1.29, 1.82) is 0 Å². The maximum absolute atomic E-state index is 12.9. The second-order valence-electron chi connectivity index (χ2n) is 6.25. The van der Waals surface area contributed by atoms with E-state index >= 15 is 0 Å². The van der Waals surface area contributed by atoms with Crippen LogP contribution in [0, 0.1) is 10.1 Å². The van der Waals surface area contributed by atoms with Crippen LogP contribution in [0.5, 0.6) is 0 Å². The fourth-order valence-corrected chi connectivity index (χ4v) is 3.90. The maximum Gasteiger partial charge on any atom is 0.336 e. The summed E-state index contributed by atoms with van der Waals surface area (Å²) in [5.74, 6) is -1.25. The van der Waals surface area contributed by atoms with Crippen LogP contribution in [-0.4, -0.2) is 23.4 Å². The number of carbonyl (C=O) groups excluding carboxylic acids is 2. The van der Waals surface area contributed by atoms with E-state index in [4.69, 9.17) is 4.74 Å². The lowest BCUT2D eigenvalue weighted by Gasteiger charge is -2.31. The summed E-state index contributed by atoms with van der Waals surface area (Å²) < 4.78 is 6.01. The lowest BCUT2D eigenvalue weighted by molar-refractivity contribution is -0.384. The zero-order valence-electron chi connectivity index (χ0n) is 13.9. The second kappa shape index (κ2) is 6.62. The average Bonchev–Trinajstić information content (AvgIpc) is 3.02. The summed E-state index contributed by atoms with van der Waals surface area (Å²) in [6.07, 6.45) is 0.0294. The van der Waals surface area contributed by atoms with E-state index in [0.29, 0.717) is 22.5 Å². The number of ether oxygens (including phenoxy) is 1. The number of nitrogens with zero attached hydrogens (tertiary/aromatic N) is 2. The molecular weight excluding hydrogens is 416 g/mol. The summed E-state index contributed by atoms with van der Waals surface area (Å²) >= 11 is 3.39. The molecule has 27 heavy (non-hydrogen) atoms. The number of anilines is 1. The van der Waals surface area contributed by atoms with Gasteiger partial charge in [-0.25, -0.2) is 4.79 Å². The number of hydrogen-bond acceptors (Lipinski definition) is 5. The van der Waals surface area contributed by atoms with Gasteiger partial charge in [-0.3, -0.25) is 19.8 Å². The van der Waals surface area contributed by atoms with Crippen LogP contribution in [0.1, 0.15) is 17.9 Å². The third-order valence-corrected chi connectivity index (χ3v) is 5.16. The van der Waals surface area contributed by atoms with Crippen molar-refractivity contribution in [2.24, 2.45) is 0 Å². The van der Waals surface area contributed by atoms with Crippen LogP contribution in [0.4, 0.5) is 11.4 Å². The molecule has 0 aromatic heterocycles. The molecule has 2 aromatic carbocycles. The minimum atomic E-state index is -0.564. The van der Waals surface area contributed by atoms with Crippen molar-refractivity contribution >= 4 is 39.2 Å². The number of hydrogen-bond donors (Lipinski definition) is 0. The van der Waals surface area contributed by atoms with E-state index in [-0.39, 0.29) is 24.6 Å². The Bertz CT molecular complexity index is 1020. The molecule has 8 heteroatoms. The zero-order chi connectivity index (χ0) is 19.1. The minimum absolute atomic E-state index is 0.00214. The molecule has 0 bridgehead atoms. The van der Waals surface area contributed by atoms with Crippen LogP contribution in [0.25, 0.3) is 0 Å². The highest BCUT2D eigenvalue weighted by Gasteiger charge is 2.43. The molecule has 1 unspecified atom stereocenters. The molecule has 2 aliphatic rings. The van der Waals surface area contributed by atoms with E-state index < -0.39 is 16.8 Å². The van der Waals surface area contributed by atoms with E-state index in [1.165, 1.54) is 17.0 Å². The Kier molecular flexibility index (Phi) is 4.27. The molecule has 1 atom stereocenters. The predicted octanol–water partition coefficient (Wildman–Crippen LogP) is 3.69. The number of rotatable bonds is 3. The molecule has 0 fully saturated rings. The van der Waals surface area contributed by atoms with Crippen LogP contribution in [0.3, 0.4) is 0 Å². The van der Waals surface area contributed by atoms with Gasteiger partial charge in [-0.05, 0) is 23.8 Å². The number of halogens is 1. The number of benzene rings is 2. The molecular formula is C19H13BrN2O5. The Labute approximate surface area is 162 Å². The molecule has 2 heterocycles. The summed E-state index contributed by atoms with van der Waals surface area (Å²) in [6.45, 7) is -0.00214. The molecule has 0 saturated heterocycles. The first kappa shape index (κ1) is 17.4.